The molecule has 0 aliphatic carbocycles. The van der Waals surface area contributed by atoms with E-state index in [4.69, 9.17) is 5.26 Å². The first-order chi connectivity index (χ1) is 11.9. The second kappa shape index (κ2) is 6.18. The standard InChI is InChI=1S/C15H13F2N5O2S/c1-9(4-16)22-8-11(7-20-22)25(23,24)21-13-3-2-12(17)14-10(5-18)6-19-15(13)14/h2-3,6-9,19,21H,4H2,1H3. The van der Waals surface area contributed by atoms with Gasteiger partial charge in [0, 0.05) is 12.4 Å². The molecule has 2 heterocycles. The van der Waals surface area contributed by atoms with Gasteiger partial charge in [-0.2, -0.15) is 10.4 Å². The van der Waals surface area contributed by atoms with Crippen molar-refractivity contribution in [2.75, 3.05) is 11.4 Å². The molecule has 0 saturated heterocycles. The fraction of sp³-hybridized carbons (Fsp3) is 0.200. The molecule has 25 heavy (non-hydrogen) atoms. The van der Waals surface area contributed by atoms with E-state index in [2.05, 4.69) is 14.8 Å². The molecule has 0 aliphatic rings. The number of nitrogens with one attached hydrogen (secondary N) is 2. The van der Waals surface area contributed by atoms with Crippen molar-refractivity contribution in [1.29, 1.82) is 5.26 Å². The van der Waals surface area contributed by atoms with Gasteiger partial charge in [-0.15, -0.1) is 0 Å². The summed E-state index contributed by atoms with van der Waals surface area (Å²) < 4.78 is 55.2. The maximum absolute atomic E-state index is 13.9. The Kier molecular flexibility index (Phi) is 4.18. The zero-order valence-corrected chi connectivity index (χ0v) is 13.8. The van der Waals surface area contributed by atoms with Gasteiger partial charge in [0.1, 0.15) is 23.5 Å². The number of nitriles is 1. The quantitative estimate of drug-likeness (QED) is 0.725. The molecule has 1 atom stereocenters. The molecular formula is C15H13F2N5O2S. The molecule has 1 aromatic carbocycles. The van der Waals surface area contributed by atoms with Gasteiger partial charge in [-0.05, 0) is 19.1 Å². The maximum atomic E-state index is 13.9. The molecule has 3 rings (SSSR count). The summed E-state index contributed by atoms with van der Waals surface area (Å²) in [4.78, 5) is 2.54. The number of hydrogen-bond acceptors (Lipinski definition) is 4. The first kappa shape index (κ1) is 16.9. The SMILES string of the molecule is CC(CF)n1cc(S(=O)(=O)Nc2ccc(F)c3c(C#N)c[nH]c23)cn1. The zero-order valence-electron chi connectivity index (χ0n) is 13.0. The minimum atomic E-state index is -4.02. The number of aromatic nitrogens is 3. The minimum absolute atomic E-state index is 0.00412. The molecular weight excluding hydrogens is 352 g/mol. The lowest BCUT2D eigenvalue weighted by Crippen LogP contribution is -2.13. The zero-order chi connectivity index (χ0) is 18.2. The van der Waals surface area contributed by atoms with Gasteiger partial charge in [-0.3, -0.25) is 9.40 Å². The highest BCUT2D eigenvalue weighted by atomic mass is 32.2. The van der Waals surface area contributed by atoms with Crippen LogP contribution in [0.2, 0.25) is 0 Å². The molecule has 1 unspecified atom stereocenters. The van der Waals surface area contributed by atoms with Gasteiger partial charge >= 0.3 is 0 Å². The van der Waals surface area contributed by atoms with Crippen molar-refractivity contribution in [2.45, 2.75) is 17.9 Å². The molecule has 2 N–H and O–H groups in total. The lowest BCUT2D eigenvalue weighted by molar-refractivity contribution is 0.355. The van der Waals surface area contributed by atoms with Gasteiger partial charge in [0.15, 0.2) is 0 Å². The predicted octanol–water partition coefficient (Wildman–Crippen LogP) is 2.71. The highest BCUT2D eigenvalue weighted by Crippen LogP contribution is 2.29. The van der Waals surface area contributed by atoms with E-state index in [1.807, 2.05) is 6.07 Å². The largest absolute Gasteiger partial charge is 0.358 e. The van der Waals surface area contributed by atoms with Crippen LogP contribution in [0.3, 0.4) is 0 Å². The number of alkyl halides is 1. The highest BCUT2D eigenvalue weighted by Gasteiger charge is 2.21. The third kappa shape index (κ3) is 2.94. The molecule has 2 aromatic heterocycles. The maximum Gasteiger partial charge on any atom is 0.265 e. The number of sulfonamides is 1. The van der Waals surface area contributed by atoms with Gasteiger partial charge in [0.2, 0.25) is 0 Å². The topological polar surface area (TPSA) is 104 Å². The molecule has 3 aromatic rings. The lowest BCUT2D eigenvalue weighted by Gasteiger charge is -2.08. The van der Waals surface area contributed by atoms with Crippen molar-refractivity contribution in [3.63, 3.8) is 0 Å². The normalized spacial score (nSPS) is 12.9. The van der Waals surface area contributed by atoms with Crippen molar-refractivity contribution in [1.82, 2.24) is 14.8 Å². The number of benzene rings is 1. The van der Waals surface area contributed by atoms with Crippen LogP contribution < -0.4 is 4.72 Å². The fourth-order valence-corrected chi connectivity index (χ4v) is 3.37. The molecule has 0 saturated carbocycles. The molecule has 7 nitrogen and oxygen atoms in total. The molecule has 0 aliphatic heterocycles. The summed E-state index contributed by atoms with van der Waals surface area (Å²) in [6, 6.07) is 3.57. The Balaban J connectivity index is 2.01. The van der Waals surface area contributed by atoms with Crippen LogP contribution in [0.25, 0.3) is 10.9 Å². The number of aromatic amines is 1. The monoisotopic (exact) mass is 365 g/mol. The van der Waals surface area contributed by atoms with E-state index in [0.717, 1.165) is 12.3 Å². The van der Waals surface area contributed by atoms with E-state index in [-0.39, 0.29) is 27.0 Å². The smallest absolute Gasteiger partial charge is 0.265 e. The van der Waals surface area contributed by atoms with Crippen LogP contribution in [0.15, 0.2) is 35.6 Å². The van der Waals surface area contributed by atoms with Gasteiger partial charge in [0.25, 0.3) is 10.0 Å². The number of rotatable bonds is 5. The Morgan fingerprint density at radius 1 is 1.48 bits per heavy atom. The second-order valence-corrected chi connectivity index (χ2v) is 7.11. The van der Waals surface area contributed by atoms with Crippen LogP contribution in [0.1, 0.15) is 18.5 Å². The molecule has 0 fully saturated rings. The molecule has 0 bridgehead atoms. The summed E-state index contributed by atoms with van der Waals surface area (Å²) in [5.74, 6) is -0.639. The summed E-state index contributed by atoms with van der Waals surface area (Å²) in [6.45, 7) is 0.870. The first-order valence-electron chi connectivity index (χ1n) is 7.20. The third-order valence-electron chi connectivity index (χ3n) is 3.71. The minimum Gasteiger partial charge on any atom is -0.358 e. The van der Waals surface area contributed by atoms with Crippen molar-refractivity contribution < 1.29 is 17.2 Å². The number of fused-ring (bicyclic) bond motifs is 1. The van der Waals surface area contributed by atoms with E-state index < -0.39 is 28.6 Å². The summed E-state index contributed by atoms with van der Waals surface area (Å²) in [5, 5.41) is 12.9. The Hall–Kier alpha value is -2.93. The van der Waals surface area contributed by atoms with Crippen molar-refractivity contribution in [3.05, 3.63) is 42.1 Å². The highest BCUT2D eigenvalue weighted by molar-refractivity contribution is 7.92. The number of hydrogen-bond donors (Lipinski definition) is 2. The van der Waals surface area contributed by atoms with E-state index in [1.165, 1.54) is 23.1 Å². The number of halogens is 2. The molecule has 0 amide bonds. The van der Waals surface area contributed by atoms with Crippen molar-refractivity contribution in [2.24, 2.45) is 0 Å². The Bertz CT molecular complexity index is 1080. The van der Waals surface area contributed by atoms with Gasteiger partial charge in [0.05, 0.1) is 34.4 Å². The van der Waals surface area contributed by atoms with E-state index >= 15 is 0 Å². The Morgan fingerprint density at radius 2 is 2.24 bits per heavy atom. The van der Waals surface area contributed by atoms with Crippen LogP contribution >= 0.6 is 0 Å². The van der Waals surface area contributed by atoms with Crippen LogP contribution in [-0.2, 0) is 10.0 Å². The van der Waals surface area contributed by atoms with Crippen LogP contribution in [0, 0.1) is 17.1 Å². The predicted molar refractivity (Wildman–Crippen MR) is 86.7 cm³/mol. The van der Waals surface area contributed by atoms with E-state index in [0.29, 0.717) is 0 Å². The van der Waals surface area contributed by atoms with Crippen LogP contribution in [-0.4, -0.2) is 29.9 Å². The molecule has 130 valence electrons. The second-order valence-electron chi connectivity index (χ2n) is 5.42. The Morgan fingerprint density at radius 3 is 2.92 bits per heavy atom. The van der Waals surface area contributed by atoms with Crippen LogP contribution in [0.4, 0.5) is 14.5 Å². The van der Waals surface area contributed by atoms with Gasteiger partial charge < -0.3 is 4.98 Å². The molecule has 0 radical (unpaired) electrons. The van der Waals surface area contributed by atoms with E-state index in [9.17, 15) is 17.2 Å². The molecule has 0 spiro atoms. The average Bonchev–Trinajstić information content (AvgIpc) is 3.24. The molecule has 10 heteroatoms. The van der Waals surface area contributed by atoms with E-state index in [1.54, 1.807) is 6.92 Å². The summed E-state index contributed by atoms with van der Waals surface area (Å²) in [6.07, 6.45) is 3.61. The number of anilines is 1. The van der Waals surface area contributed by atoms with Crippen LogP contribution in [0.5, 0.6) is 0 Å². The third-order valence-corrected chi connectivity index (χ3v) is 5.03. The van der Waals surface area contributed by atoms with Gasteiger partial charge in [-0.1, -0.05) is 0 Å². The number of nitrogens with zero attached hydrogens (tertiary/aromatic N) is 3. The van der Waals surface area contributed by atoms with Gasteiger partial charge in [-0.25, -0.2) is 17.2 Å². The first-order valence-corrected chi connectivity index (χ1v) is 8.68. The lowest BCUT2D eigenvalue weighted by atomic mass is 10.1. The summed E-state index contributed by atoms with van der Waals surface area (Å²) in [5.41, 5.74) is 0.312. The van der Waals surface area contributed by atoms with Crippen molar-refractivity contribution in [3.8, 4) is 6.07 Å². The summed E-state index contributed by atoms with van der Waals surface area (Å²) >= 11 is 0. The summed E-state index contributed by atoms with van der Waals surface area (Å²) in [7, 11) is -4.02. The Labute approximate surface area is 141 Å². The van der Waals surface area contributed by atoms with Crippen molar-refractivity contribution >= 4 is 26.6 Å². The number of H-pyrrole nitrogens is 1. The average molecular weight is 365 g/mol. The fourth-order valence-electron chi connectivity index (χ4n) is 2.36.